The average Bonchev–Trinajstić information content (AvgIpc) is 3.42. The lowest BCUT2D eigenvalue weighted by Crippen LogP contribution is -2.30. The van der Waals surface area contributed by atoms with Crippen molar-refractivity contribution in [3.63, 3.8) is 0 Å². The first-order valence-electron chi connectivity index (χ1n) is 10.6. The topological polar surface area (TPSA) is 67.7 Å². The molecule has 0 spiro atoms. The molecule has 4 heterocycles. The number of aromatic nitrogens is 2. The molecule has 0 radical (unpaired) electrons. The summed E-state index contributed by atoms with van der Waals surface area (Å²) in [6, 6.07) is 4.44. The summed E-state index contributed by atoms with van der Waals surface area (Å²) in [4.78, 5) is 11.5. The van der Waals surface area contributed by atoms with E-state index in [2.05, 4.69) is 57.6 Å². The summed E-state index contributed by atoms with van der Waals surface area (Å²) in [6.45, 7) is 8.38. The Kier molecular flexibility index (Phi) is 5.64. The smallest absolute Gasteiger partial charge is 0.267 e. The van der Waals surface area contributed by atoms with E-state index in [0.717, 1.165) is 42.3 Å². The quantitative estimate of drug-likeness (QED) is 0.668. The Hall–Kier alpha value is -2.33. The number of allylic oxidation sites excluding steroid dienone is 1. The van der Waals surface area contributed by atoms with Crippen molar-refractivity contribution in [1.29, 1.82) is 5.26 Å². The molecule has 2 N–H and O–H groups in total. The second-order valence-corrected chi connectivity index (χ2v) is 8.95. The van der Waals surface area contributed by atoms with Crippen LogP contribution in [-0.4, -0.2) is 27.1 Å². The van der Waals surface area contributed by atoms with Crippen LogP contribution in [0, 0.1) is 31.0 Å². The molecule has 0 amide bonds. The molecule has 29 heavy (non-hydrogen) atoms. The normalized spacial score (nSPS) is 21.1. The van der Waals surface area contributed by atoms with Crippen molar-refractivity contribution in [2.24, 2.45) is 5.92 Å². The number of aromatic amines is 1. The molecule has 1 aromatic heterocycles. The van der Waals surface area contributed by atoms with Crippen LogP contribution in [0.15, 0.2) is 30.2 Å². The maximum absolute atomic E-state index is 9.09. The van der Waals surface area contributed by atoms with Crippen molar-refractivity contribution in [1.82, 2.24) is 20.2 Å². The van der Waals surface area contributed by atoms with Crippen LogP contribution >= 0.6 is 11.8 Å². The number of hydrogen-bond donors (Lipinski definition) is 2. The number of nitriles is 1. The molecule has 0 saturated carbocycles. The molecule has 0 aliphatic carbocycles. The van der Waals surface area contributed by atoms with Crippen molar-refractivity contribution >= 4 is 34.4 Å². The van der Waals surface area contributed by atoms with Crippen molar-refractivity contribution in [2.75, 3.05) is 0 Å². The van der Waals surface area contributed by atoms with E-state index < -0.39 is 0 Å². The van der Waals surface area contributed by atoms with Crippen molar-refractivity contribution in [3.8, 4) is 5.97 Å². The lowest BCUT2D eigenvalue weighted by Gasteiger charge is -2.25. The third-order valence-corrected chi connectivity index (χ3v) is 7.06. The van der Waals surface area contributed by atoms with E-state index in [1.54, 1.807) is 0 Å². The maximum atomic E-state index is 9.09. The molecular formula is C22H28BN5S. The average molecular weight is 405 g/mol. The molecule has 1 fully saturated rings. The predicted octanol–water partition coefficient (Wildman–Crippen LogP) is 5.25. The van der Waals surface area contributed by atoms with Crippen LogP contribution in [0.1, 0.15) is 43.6 Å². The van der Waals surface area contributed by atoms with Gasteiger partial charge in [0.2, 0.25) is 0 Å². The van der Waals surface area contributed by atoms with Gasteiger partial charge in [-0.15, -0.1) is 0 Å². The summed E-state index contributed by atoms with van der Waals surface area (Å²) < 4.78 is 0. The largest absolute Gasteiger partial charge is 0.358 e. The Bertz CT molecular complexity index is 1010. The third kappa shape index (κ3) is 3.78. The first kappa shape index (κ1) is 20.0. The Labute approximate surface area is 177 Å². The zero-order chi connectivity index (χ0) is 20.5. The highest BCUT2D eigenvalue weighted by molar-refractivity contribution is 8.09. The third-order valence-electron chi connectivity index (χ3n) is 5.88. The standard InChI is InChI=1S/C20H22BN5S.C2H6/c1-12-7-15(8-16-19(12)24-13(2)23-16)18-10-26-9-17(25-20(26)27-18)14-3-5-21(11-22)6-4-14;1-2/h7-10,14,20,25H,3-6H2,1-2H3,(H,23,24);1-2H3. The van der Waals surface area contributed by atoms with Gasteiger partial charge < -0.3 is 15.2 Å². The number of benzene rings is 1. The van der Waals surface area contributed by atoms with E-state index in [1.807, 2.05) is 32.5 Å². The van der Waals surface area contributed by atoms with Crippen molar-refractivity contribution in [3.05, 3.63) is 47.2 Å². The van der Waals surface area contributed by atoms with Crippen LogP contribution < -0.4 is 5.32 Å². The monoisotopic (exact) mass is 405 g/mol. The van der Waals surface area contributed by atoms with Gasteiger partial charge >= 0.3 is 0 Å². The van der Waals surface area contributed by atoms with E-state index in [-0.39, 0.29) is 12.2 Å². The van der Waals surface area contributed by atoms with E-state index in [4.69, 9.17) is 5.26 Å². The number of thioether (sulfide) groups is 1. The maximum Gasteiger partial charge on any atom is 0.267 e. The number of rotatable bonds is 2. The summed E-state index contributed by atoms with van der Waals surface area (Å²) in [7, 11) is 0. The van der Waals surface area contributed by atoms with Crippen LogP contribution in [0.3, 0.4) is 0 Å². The predicted molar refractivity (Wildman–Crippen MR) is 123 cm³/mol. The first-order chi connectivity index (χ1) is 14.1. The summed E-state index contributed by atoms with van der Waals surface area (Å²) in [5.74, 6) is 3.96. The van der Waals surface area contributed by atoms with Crippen LogP contribution in [0.25, 0.3) is 15.9 Å². The number of H-pyrrole nitrogens is 1. The molecule has 3 aliphatic rings. The van der Waals surface area contributed by atoms with Gasteiger partial charge in [0.05, 0.1) is 11.0 Å². The zero-order valence-electron chi connectivity index (χ0n) is 17.6. The summed E-state index contributed by atoms with van der Waals surface area (Å²) in [5.41, 5.74) is 6.22. The highest BCUT2D eigenvalue weighted by Crippen LogP contribution is 2.44. The SMILES string of the molecule is CC.Cc1nc2c(C)cc(C3=CN4C=C(C5CCB(C#N)CC5)NC4S3)cc2[nH]1. The summed E-state index contributed by atoms with van der Waals surface area (Å²) >= 11 is 1.87. The second-order valence-electron chi connectivity index (χ2n) is 7.83. The number of fused-ring (bicyclic) bond motifs is 2. The highest BCUT2D eigenvalue weighted by Gasteiger charge is 2.35. The van der Waals surface area contributed by atoms with Crippen LogP contribution in [0.5, 0.6) is 0 Å². The van der Waals surface area contributed by atoms with Gasteiger partial charge in [-0.05, 0) is 43.0 Å². The number of hydrogen-bond acceptors (Lipinski definition) is 5. The fourth-order valence-electron chi connectivity index (χ4n) is 4.42. The van der Waals surface area contributed by atoms with Crippen LogP contribution in [0.4, 0.5) is 0 Å². The highest BCUT2D eigenvalue weighted by atomic mass is 32.2. The Morgan fingerprint density at radius 2 is 1.97 bits per heavy atom. The molecular weight excluding hydrogens is 377 g/mol. The van der Waals surface area contributed by atoms with Crippen LogP contribution in [0.2, 0.25) is 12.6 Å². The van der Waals surface area contributed by atoms with Gasteiger partial charge in [-0.2, -0.15) is 0 Å². The molecule has 150 valence electrons. The molecule has 1 aromatic carbocycles. The van der Waals surface area contributed by atoms with E-state index in [9.17, 15) is 0 Å². The first-order valence-corrected chi connectivity index (χ1v) is 11.5. The van der Waals surface area contributed by atoms with Gasteiger partial charge in [0.15, 0.2) is 5.50 Å². The Morgan fingerprint density at radius 1 is 1.21 bits per heavy atom. The molecule has 3 aliphatic heterocycles. The van der Waals surface area contributed by atoms with Crippen molar-refractivity contribution in [2.45, 2.75) is 58.7 Å². The molecule has 5 nitrogen and oxygen atoms in total. The molecule has 1 atom stereocenters. The number of imidazole rings is 1. The fraction of sp³-hybridized carbons (Fsp3) is 0.455. The lowest BCUT2D eigenvalue weighted by molar-refractivity contribution is 0.472. The van der Waals surface area contributed by atoms with Gasteiger partial charge in [0, 0.05) is 29.0 Å². The minimum atomic E-state index is 0.253. The number of nitrogens with one attached hydrogen (secondary N) is 2. The number of nitrogens with zero attached hydrogens (tertiary/aromatic N) is 3. The molecule has 7 heteroatoms. The minimum absolute atomic E-state index is 0.253. The van der Waals surface area contributed by atoms with Crippen molar-refractivity contribution < 1.29 is 0 Å². The summed E-state index contributed by atoms with van der Waals surface area (Å²) in [6.07, 6.45) is 8.82. The van der Waals surface area contributed by atoms with Gasteiger partial charge in [0.1, 0.15) is 5.82 Å². The van der Waals surface area contributed by atoms with Gasteiger partial charge in [-0.1, -0.05) is 51.1 Å². The zero-order valence-corrected chi connectivity index (χ0v) is 18.4. The number of aryl methyl sites for hydroxylation is 2. The molecule has 1 saturated heterocycles. The van der Waals surface area contributed by atoms with Gasteiger partial charge in [-0.25, -0.2) is 10.2 Å². The minimum Gasteiger partial charge on any atom is -0.358 e. The summed E-state index contributed by atoms with van der Waals surface area (Å²) in [5, 5.41) is 12.8. The van der Waals surface area contributed by atoms with E-state index in [0.29, 0.717) is 5.92 Å². The van der Waals surface area contributed by atoms with Gasteiger partial charge in [0.25, 0.3) is 6.71 Å². The van der Waals surface area contributed by atoms with Gasteiger partial charge in [-0.3, -0.25) is 0 Å². The van der Waals surface area contributed by atoms with Crippen LogP contribution in [-0.2, 0) is 0 Å². The lowest BCUT2D eigenvalue weighted by atomic mass is 9.41. The second kappa shape index (κ2) is 8.20. The Morgan fingerprint density at radius 3 is 2.66 bits per heavy atom. The molecule has 1 unspecified atom stereocenters. The van der Waals surface area contributed by atoms with E-state index >= 15 is 0 Å². The fourth-order valence-corrected chi connectivity index (χ4v) is 5.53. The molecule has 5 rings (SSSR count). The van der Waals surface area contributed by atoms with E-state index in [1.165, 1.54) is 21.7 Å². The molecule has 2 aromatic rings. The molecule has 0 bridgehead atoms. The Balaban J connectivity index is 0.000000994.